The molecule has 2 amide bonds. The largest absolute Gasteiger partial charge is 0.354 e. The summed E-state index contributed by atoms with van der Waals surface area (Å²) in [6.07, 6.45) is 5.60. The van der Waals surface area contributed by atoms with E-state index in [1.165, 1.54) is 19.3 Å². The van der Waals surface area contributed by atoms with Crippen molar-refractivity contribution in [3.05, 3.63) is 29.6 Å². The number of carbonyl (C=O) groups excluding carboxylic acids is 2. The number of pyridine rings is 1. The molecule has 26 heavy (non-hydrogen) atoms. The number of amides is 2. The monoisotopic (exact) mass is 359 g/mol. The van der Waals surface area contributed by atoms with E-state index in [-0.39, 0.29) is 11.8 Å². The molecule has 0 atom stereocenters. The molecule has 0 bridgehead atoms. The zero-order chi connectivity index (χ0) is 18.4. The van der Waals surface area contributed by atoms with Crippen LogP contribution in [0.4, 0.5) is 0 Å². The highest BCUT2D eigenvalue weighted by Gasteiger charge is 2.18. The van der Waals surface area contributed by atoms with Gasteiger partial charge in [0.05, 0.1) is 6.54 Å². The fraction of sp³-hybridized carbons (Fsp3) is 0.632. The number of nitrogens with zero attached hydrogens (tertiary/aromatic N) is 4. The predicted octanol–water partition coefficient (Wildman–Crippen LogP) is 0.571. The number of nitrogens with one attached hydrogen (secondary N) is 1. The molecule has 2 saturated heterocycles. The minimum absolute atomic E-state index is 0.0362. The van der Waals surface area contributed by atoms with Gasteiger partial charge in [0.25, 0.3) is 5.91 Å². The van der Waals surface area contributed by atoms with Crippen LogP contribution >= 0.6 is 0 Å². The Labute approximate surface area is 155 Å². The fourth-order valence-corrected chi connectivity index (χ4v) is 3.50. The number of piperazine rings is 1. The van der Waals surface area contributed by atoms with Gasteiger partial charge in [-0.2, -0.15) is 0 Å². The summed E-state index contributed by atoms with van der Waals surface area (Å²) in [6, 6.07) is 3.73. The highest BCUT2D eigenvalue weighted by molar-refractivity contribution is 5.92. The molecule has 2 fully saturated rings. The topological polar surface area (TPSA) is 68.8 Å². The van der Waals surface area contributed by atoms with Crippen LogP contribution in [-0.4, -0.2) is 84.4 Å². The summed E-state index contributed by atoms with van der Waals surface area (Å²) in [5, 5.41) is 2.82. The van der Waals surface area contributed by atoms with Gasteiger partial charge < -0.3 is 15.1 Å². The van der Waals surface area contributed by atoms with Crippen molar-refractivity contribution in [1.29, 1.82) is 0 Å². The van der Waals surface area contributed by atoms with Crippen LogP contribution in [0.1, 0.15) is 35.3 Å². The first-order chi connectivity index (χ1) is 12.6. The molecule has 1 aromatic heterocycles. The number of likely N-dealkylation sites (N-methyl/N-ethyl adjacent to an activating group) is 1. The maximum absolute atomic E-state index is 12.5. The van der Waals surface area contributed by atoms with Gasteiger partial charge in [-0.1, -0.05) is 12.5 Å². The minimum atomic E-state index is -0.0362. The Morgan fingerprint density at radius 1 is 1.19 bits per heavy atom. The van der Waals surface area contributed by atoms with E-state index in [1.54, 1.807) is 17.2 Å². The number of rotatable bonds is 6. The van der Waals surface area contributed by atoms with E-state index < -0.39 is 0 Å². The maximum Gasteiger partial charge on any atom is 0.272 e. The highest BCUT2D eigenvalue weighted by atomic mass is 16.2. The smallest absolute Gasteiger partial charge is 0.272 e. The van der Waals surface area contributed by atoms with Crippen LogP contribution in [0.2, 0.25) is 0 Å². The molecule has 0 saturated carbocycles. The molecular formula is C19H29N5O2. The van der Waals surface area contributed by atoms with Crippen LogP contribution in [0, 0.1) is 0 Å². The van der Waals surface area contributed by atoms with Crippen LogP contribution in [0.15, 0.2) is 18.3 Å². The first-order valence-electron chi connectivity index (χ1n) is 9.53. The van der Waals surface area contributed by atoms with E-state index in [0.717, 1.165) is 38.3 Å². The van der Waals surface area contributed by atoms with Gasteiger partial charge in [-0.3, -0.25) is 19.5 Å². The average molecular weight is 359 g/mol. The summed E-state index contributed by atoms with van der Waals surface area (Å²) >= 11 is 0. The first-order valence-corrected chi connectivity index (χ1v) is 9.53. The van der Waals surface area contributed by atoms with Crippen LogP contribution in [-0.2, 0) is 11.3 Å². The third-order valence-electron chi connectivity index (χ3n) is 5.11. The summed E-state index contributed by atoms with van der Waals surface area (Å²) in [5.74, 6) is 0.0252. The van der Waals surface area contributed by atoms with Crippen molar-refractivity contribution in [2.75, 3.05) is 52.9 Å². The Kier molecular flexibility index (Phi) is 6.57. The van der Waals surface area contributed by atoms with Crippen molar-refractivity contribution in [3.8, 4) is 0 Å². The molecule has 7 heteroatoms. The standard InChI is InChI=1S/C19H29N5O2/c1-22(11-12-23-8-3-2-4-9-23)19(26)17-6-5-16(13-21-17)14-24-10-7-20-18(25)15-24/h5-6,13H,2-4,7-12,14-15H2,1H3,(H,20,25). The van der Waals surface area contributed by atoms with E-state index in [2.05, 4.69) is 20.1 Å². The molecule has 1 aromatic rings. The van der Waals surface area contributed by atoms with Gasteiger partial charge in [-0.25, -0.2) is 0 Å². The van der Waals surface area contributed by atoms with E-state index >= 15 is 0 Å². The lowest BCUT2D eigenvalue weighted by molar-refractivity contribution is -0.124. The van der Waals surface area contributed by atoms with Crippen LogP contribution in [0.25, 0.3) is 0 Å². The summed E-state index contributed by atoms with van der Waals surface area (Å²) < 4.78 is 0. The Morgan fingerprint density at radius 2 is 2.00 bits per heavy atom. The molecule has 7 nitrogen and oxygen atoms in total. The molecule has 0 spiro atoms. The fourth-order valence-electron chi connectivity index (χ4n) is 3.50. The molecule has 142 valence electrons. The molecule has 0 aliphatic carbocycles. The van der Waals surface area contributed by atoms with Gasteiger partial charge in [0.1, 0.15) is 5.69 Å². The molecule has 3 heterocycles. The van der Waals surface area contributed by atoms with E-state index in [9.17, 15) is 9.59 Å². The molecule has 1 N–H and O–H groups in total. The summed E-state index contributed by atoms with van der Waals surface area (Å²) in [6.45, 7) is 6.56. The zero-order valence-corrected chi connectivity index (χ0v) is 15.6. The van der Waals surface area contributed by atoms with Gasteiger partial charge >= 0.3 is 0 Å². The number of carbonyl (C=O) groups is 2. The van der Waals surface area contributed by atoms with Crippen molar-refractivity contribution < 1.29 is 9.59 Å². The van der Waals surface area contributed by atoms with Gasteiger partial charge in [-0.15, -0.1) is 0 Å². The average Bonchev–Trinajstić information content (AvgIpc) is 2.67. The molecule has 2 aliphatic rings. The first kappa shape index (κ1) is 18.8. The molecule has 3 rings (SSSR count). The molecule has 2 aliphatic heterocycles. The number of likely N-dealkylation sites (tertiary alicyclic amines) is 1. The molecule has 0 radical (unpaired) electrons. The van der Waals surface area contributed by atoms with E-state index in [1.807, 2.05) is 13.1 Å². The van der Waals surface area contributed by atoms with Gasteiger partial charge in [0.2, 0.25) is 5.91 Å². The van der Waals surface area contributed by atoms with Gasteiger partial charge in [-0.05, 0) is 37.6 Å². The Bertz CT molecular complexity index is 613. The van der Waals surface area contributed by atoms with Crippen molar-refractivity contribution in [2.45, 2.75) is 25.8 Å². The van der Waals surface area contributed by atoms with Crippen molar-refractivity contribution in [1.82, 2.24) is 25.0 Å². The third-order valence-corrected chi connectivity index (χ3v) is 5.11. The second kappa shape index (κ2) is 9.09. The lowest BCUT2D eigenvalue weighted by Gasteiger charge is -2.28. The molecular weight excluding hydrogens is 330 g/mol. The minimum Gasteiger partial charge on any atom is -0.354 e. The predicted molar refractivity (Wildman–Crippen MR) is 99.8 cm³/mol. The zero-order valence-electron chi connectivity index (χ0n) is 15.6. The number of aromatic nitrogens is 1. The van der Waals surface area contributed by atoms with Crippen molar-refractivity contribution in [2.24, 2.45) is 0 Å². The Hall–Kier alpha value is -1.99. The number of piperidine rings is 1. The van der Waals surface area contributed by atoms with E-state index in [4.69, 9.17) is 0 Å². The summed E-state index contributed by atoms with van der Waals surface area (Å²) in [7, 11) is 1.84. The molecule has 0 aromatic carbocycles. The maximum atomic E-state index is 12.5. The lowest BCUT2D eigenvalue weighted by Crippen LogP contribution is -2.47. The van der Waals surface area contributed by atoms with Gasteiger partial charge in [0, 0.05) is 46.0 Å². The van der Waals surface area contributed by atoms with Crippen molar-refractivity contribution in [3.63, 3.8) is 0 Å². The second-order valence-corrected chi connectivity index (χ2v) is 7.24. The SMILES string of the molecule is CN(CCN1CCCCC1)C(=O)c1ccc(CN2CCNC(=O)C2)cn1. The van der Waals surface area contributed by atoms with Crippen LogP contribution in [0.3, 0.4) is 0 Å². The number of hydrogen-bond donors (Lipinski definition) is 1. The van der Waals surface area contributed by atoms with E-state index in [0.29, 0.717) is 25.3 Å². The quantitative estimate of drug-likeness (QED) is 0.804. The lowest BCUT2D eigenvalue weighted by atomic mass is 10.1. The van der Waals surface area contributed by atoms with Crippen molar-refractivity contribution >= 4 is 11.8 Å². The summed E-state index contributed by atoms with van der Waals surface area (Å²) in [4.78, 5) is 34.6. The summed E-state index contributed by atoms with van der Waals surface area (Å²) in [5.41, 5.74) is 1.50. The van der Waals surface area contributed by atoms with Gasteiger partial charge in [0.15, 0.2) is 0 Å². The van der Waals surface area contributed by atoms with Crippen LogP contribution < -0.4 is 5.32 Å². The highest BCUT2D eigenvalue weighted by Crippen LogP contribution is 2.10. The van der Waals surface area contributed by atoms with Crippen LogP contribution in [0.5, 0.6) is 0 Å². The Balaban J connectivity index is 1.48. The Morgan fingerprint density at radius 3 is 2.69 bits per heavy atom. The third kappa shape index (κ3) is 5.25. The normalized spacial score (nSPS) is 19.2. The molecule has 0 unspecified atom stereocenters. The number of hydrogen-bond acceptors (Lipinski definition) is 5. The second-order valence-electron chi connectivity index (χ2n) is 7.24.